The number of amides is 1. The fourth-order valence-electron chi connectivity index (χ4n) is 2.19. The third-order valence-electron chi connectivity index (χ3n) is 3.46. The lowest BCUT2D eigenvalue weighted by molar-refractivity contribution is 0.0561. The van der Waals surface area contributed by atoms with Crippen molar-refractivity contribution in [2.24, 2.45) is 0 Å². The van der Waals surface area contributed by atoms with Crippen molar-refractivity contribution in [3.8, 4) is 0 Å². The molecular formula is C15H9F6N5O. The van der Waals surface area contributed by atoms with E-state index in [4.69, 9.17) is 0 Å². The van der Waals surface area contributed by atoms with Crippen molar-refractivity contribution in [3.63, 3.8) is 0 Å². The van der Waals surface area contributed by atoms with Gasteiger partial charge < -0.3 is 5.32 Å². The first kappa shape index (κ1) is 18.5. The van der Waals surface area contributed by atoms with E-state index in [9.17, 15) is 31.1 Å². The third kappa shape index (κ3) is 3.78. The summed E-state index contributed by atoms with van der Waals surface area (Å²) in [6.45, 7) is -3.49. The molecule has 0 bridgehead atoms. The highest BCUT2D eigenvalue weighted by molar-refractivity contribution is 6.02. The molecule has 2 heterocycles. The predicted octanol–water partition coefficient (Wildman–Crippen LogP) is 3.33. The number of carbonyl (C=O) groups is 1. The average Bonchev–Trinajstić information content (AvgIpc) is 3.26. The first-order valence-electron chi connectivity index (χ1n) is 7.25. The summed E-state index contributed by atoms with van der Waals surface area (Å²) in [5.41, 5.74) is -0.985. The maximum absolute atomic E-state index is 13.7. The molecule has 0 saturated heterocycles. The van der Waals surface area contributed by atoms with Crippen molar-refractivity contribution < 1.29 is 31.1 Å². The Bertz CT molecular complexity index is 999. The van der Waals surface area contributed by atoms with E-state index in [-0.39, 0.29) is 22.1 Å². The molecule has 3 rings (SSSR count). The average molecular weight is 389 g/mol. The van der Waals surface area contributed by atoms with Crippen LogP contribution in [0.1, 0.15) is 22.6 Å². The molecule has 2 aromatic heterocycles. The van der Waals surface area contributed by atoms with E-state index in [2.05, 4.69) is 15.5 Å². The molecule has 3 aromatic rings. The highest BCUT2D eigenvalue weighted by Crippen LogP contribution is 2.20. The molecule has 0 radical (unpaired) electrons. The lowest BCUT2D eigenvalue weighted by Gasteiger charge is -2.06. The number of hydrogen-bond acceptors (Lipinski definition) is 3. The molecule has 0 atom stereocenters. The monoisotopic (exact) mass is 389 g/mol. The molecule has 0 saturated carbocycles. The van der Waals surface area contributed by atoms with E-state index >= 15 is 0 Å². The standard InChI is InChI=1S/C15H9F6N5O/c16-9-3-10(17)13(19)12(18)8(9)6-25-5-7(4-22-25)23-14(27)11-1-2-26(24-11)15(20)21/h1-5,15H,6H2,(H,23,27). The van der Waals surface area contributed by atoms with Crippen molar-refractivity contribution in [2.45, 2.75) is 13.1 Å². The van der Waals surface area contributed by atoms with Crippen LogP contribution in [0, 0.1) is 23.3 Å². The summed E-state index contributed by atoms with van der Waals surface area (Å²) in [4.78, 5) is 11.9. The zero-order chi connectivity index (χ0) is 19.7. The summed E-state index contributed by atoms with van der Waals surface area (Å²) in [7, 11) is 0. The molecule has 142 valence electrons. The highest BCUT2D eigenvalue weighted by Gasteiger charge is 2.20. The summed E-state index contributed by atoms with van der Waals surface area (Å²) in [5, 5.41) is 9.41. The number of carbonyl (C=O) groups excluding carboxylic acids is 1. The predicted molar refractivity (Wildman–Crippen MR) is 79.0 cm³/mol. The van der Waals surface area contributed by atoms with Gasteiger partial charge in [-0.2, -0.15) is 19.0 Å². The summed E-state index contributed by atoms with van der Waals surface area (Å²) in [5.74, 6) is -7.29. The van der Waals surface area contributed by atoms with Crippen molar-refractivity contribution >= 4 is 11.6 Å². The first-order valence-corrected chi connectivity index (χ1v) is 7.25. The van der Waals surface area contributed by atoms with Gasteiger partial charge in [0.15, 0.2) is 23.1 Å². The molecule has 0 aliphatic rings. The zero-order valence-corrected chi connectivity index (χ0v) is 13.1. The van der Waals surface area contributed by atoms with E-state index in [1.54, 1.807) is 0 Å². The van der Waals surface area contributed by atoms with Crippen LogP contribution in [0.4, 0.5) is 32.0 Å². The Morgan fingerprint density at radius 2 is 1.89 bits per heavy atom. The van der Waals surface area contributed by atoms with Crippen LogP contribution in [0.25, 0.3) is 0 Å². The first-order chi connectivity index (χ1) is 12.8. The second kappa shape index (κ2) is 7.13. The van der Waals surface area contributed by atoms with Crippen LogP contribution in [0.3, 0.4) is 0 Å². The number of anilines is 1. The van der Waals surface area contributed by atoms with Crippen molar-refractivity contribution in [1.29, 1.82) is 0 Å². The number of aromatic nitrogens is 4. The number of benzene rings is 1. The van der Waals surface area contributed by atoms with Gasteiger partial charge in [-0.15, -0.1) is 0 Å². The minimum absolute atomic E-state index is 0.0648. The van der Waals surface area contributed by atoms with Gasteiger partial charge in [0, 0.05) is 24.0 Å². The number of nitrogens with one attached hydrogen (secondary N) is 1. The zero-order valence-electron chi connectivity index (χ0n) is 13.1. The topological polar surface area (TPSA) is 64.7 Å². The highest BCUT2D eigenvalue weighted by atomic mass is 19.3. The Balaban J connectivity index is 1.74. The molecule has 1 N–H and O–H groups in total. The van der Waals surface area contributed by atoms with Crippen molar-refractivity contribution in [1.82, 2.24) is 19.6 Å². The molecule has 0 spiro atoms. The quantitative estimate of drug-likeness (QED) is 0.414. The number of hydrogen-bond donors (Lipinski definition) is 1. The van der Waals surface area contributed by atoms with Crippen LogP contribution in [-0.2, 0) is 6.54 Å². The number of rotatable bonds is 5. The van der Waals surface area contributed by atoms with Gasteiger partial charge in [-0.3, -0.25) is 9.48 Å². The van der Waals surface area contributed by atoms with Crippen LogP contribution < -0.4 is 5.32 Å². The molecule has 0 fully saturated rings. The molecular weight excluding hydrogens is 380 g/mol. The van der Waals surface area contributed by atoms with Gasteiger partial charge >= 0.3 is 6.55 Å². The summed E-state index contributed by atoms with van der Waals surface area (Å²) < 4.78 is 79.6. The van der Waals surface area contributed by atoms with Crippen molar-refractivity contribution in [3.05, 3.63) is 65.2 Å². The number of alkyl halides is 2. The van der Waals surface area contributed by atoms with Gasteiger partial charge in [0.05, 0.1) is 18.4 Å². The fraction of sp³-hybridized carbons (Fsp3) is 0.133. The van der Waals surface area contributed by atoms with Gasteiger partial charge in [0.1, 0.15) is 5.82 Å². The molecule has 0 aliphatic heterocycles. The second-order valence-electron chi connectivity index (χ2n) is 5.29. The number of halogens is 6. The Hall–Kier alpha value is -3.31. The normalized spacial score (nSPS) is 11.2. The van der Waals surface area contributed by atoms with Crippen LogP contribution in [0.15, 0.2) is 30.7 Å². The Kier molecular flexibility index (Phi) is 4.88. The molecule has 1 aromatic carbocycles. The summed E-state index contributed by atoms with van der Waals surface area (Å²) >= 11 is 0. The maximum Gasteiger partial charge on any atom is 0.333 e. The fourth-order valence-corrected chi connectivity index (χ4v) is 2.19. The van der Waals surface area contributed by atoms with Crippen LogP contribution in [0.5, 0.6) is 0 Å². The van der Waals surface area contributed by atoms with Crippen LogP contribution >= 0.6 is 0 Å². The van der Waals surface area contributed by atoms with Crippen LogP contribution in [-0.4, -0.2) is 25.5 Å². The smallest absolute Gasteiger partial charge is 0.318 e. The SMILES string of the molecule is O=C(Nc1cnn(Cc2c(F)cc(F)c(F)c2F)c1)c1ccn(C(F)F)n1. The van der Waals surface area contributed by atoms with Gasteiger partial charge in [0.25, 0.3) is 5.91 Å². The third-order valence-corrected chi connectivity index (χ3v) is 3.46. The van der Waals surface area contributed by atoms with E-state index in [0.717, 1.165) is 29.3 Å². The molecule has 27 heavy (non-hydrogen) atoms. The lowest BCUT2D eigenvalue weighted by atomic mass is 10.2. The molecule has 0 aliphatic carbocycles. The second-order valence-corrected chi connectivity index (χ2v) is 5.29. The summed E-state index contributed by atoms with van der Waals surface area (Å²) in [6.07, 6.45) is 3.18. The van der Waals surface area contributed by atoms with E-state index in [1.165, 1.54) is 0 Å². The van der Waals surface area contributed by atoms with Gasteiger partial charge in [-0.1, -0.05) is 0 Å². The largest absolute Gasteiger partial charge is 0.333 e. The lowest BCUT2D eigenvalue weighted by Crippen LogP contribution is -2.13. The Morgan fingerprint density at radius 1 is 1.15 bits per heavy atom. The van der Waals surface area contributed by atoms with E-state index in [1.807, 2.05) is 0 Å². The van der Waals surface area contributed by atoms with Crippen molar-refractivity contribution in [2.75, 3.05) is 5.32 Å². The maximum atomic E-state index is 13.7. The molecule has 1 amide bonds. The molecule has 12 heteroatoms. The Morgan fingerprint density at radius 3 is 2.56 bits per heavy atom. The van der Waals surface area contributed by atoms with Gasteiger partial charge in [-0.25, -0.2) is 22.2 Å². The van der Waals surface area contributed by atoms with Crippen LogP contribution in [0.2, 0.25) is 0 Å². The van der Waals surface area contributed by atoms with E-state index < -0.39 is 47.8 Å². The molecule has 6 nitrogen and oxygen atoms in total. The summed E-state index contributed by atoms with van der Waals surface area (Å²) in [6, 6.07) is 1.28. The van der Waals surface area contributed by atoms with E-state index in [0.29, 0.717) is 0 Å². The number of nitrogens with zero attached hydrogens (tertiary/aromatic N) is 4. The minimum atomic E-state index is -2.91. The Labute approximate surface area is 147 Å². The van der Waals surface area contributed by atoms with Gasteiger partial charge in [-0.05, 0) is 6.07 Å². The minimum Gasteiger partial charge on any atom is -0.318 e. The van der Waals surface area contributed by atoms with Gasteiger partial charge in [0.2, 0.25) is 0 Å². The molecule has 0 unspecified atom stereocenters.